The van der Waals surface area contributed by atoms with Crippen molar-refractivity contribution in [3.05, 3.63) is 53.1 Å². The van der Waals surface area contributed by atoms with Crippen molar-refractivity contribution in [2.75, 3.05) is 23.4 Å². The van der Waals surface area contributed by atoms with Gasteiger partial charge in [0.2, 0.25) is 0 Å². The van der Waals surface area contributed by atoms with Gasteiger partial charge < -0.3 is 10.0 Å². The predicted octanol–water partition coefficient (Wildman–Crippen LogP) is 4.34. The molecule has 0 radical (unpaired) electrons. The minimum Gasteiger partial charge on any atom is -0.507 e. The number of phenolic OH excluding ortho intramolecular Hbond substituents is 1. The van der Waals surface area contributed by atoms with E-state index in [4.69, 9.17) is 11.6 Å². The summed E-state index contributed by atoms with van der Waals surface area (Å²) in [5.74, 6) is 0.209. The predicted molar refractivity (Wildman–Crippen MR) is 94.3 cm³/mol. The van der Waals surface area contributed by atoms with E-state index in [1.54, 1.807) is 24.4 Å². The molecule has 0 bridgehead atoms. The van der Waals surface area contributed by atoms with Crippen molar-refractivity contribution >= 4 is 29.2 Å². The Morgan fingerprint density at radius 3 is 2.59 bits per heavy atom. The Morgan fingerprint density at radius 2 is 1.95 bits per heavy atom. The van der Waals surface area contributed by atoms with Crippen LogP contribution in [0.3, 0.4) is 0 Å². The molecule has 0 saturated heterocycles. The maximum atomic E-state index is 10.1. The van der Waals surface area contributed by atoms with Gasteiger partial charge in [0.15, 0.2) is 0 Å². The SMILES string of the molecule is CCN(CC)c1ccc(/C=N/Nc2cccc(Cl)c2)c(O)c1. The van der Waals surface area contributed by atoms with Crippen molar-refractivity contribution in [1.29, 1.82) is 0 Å². The van der Waals surface area contributed by atoms with Crippen molar-refractivity contribution in [3.63, 3.8) is 0 Å². The van der Waals surface area contributed by atoms with E-state index in [2.05, 4.69) is 29.3 Å². The number of rotatable bonds is 6. The number of aromatic hydroxyl groups is 1. The minimum absolute atomic E-state index is 0.209. The fourth-order valence-corrected chi connectivity index (χ4v) is 2.35. The number of hydrogen-bond donors (Lipinski definition) is 2. The van der Waals surface area contributed by atoms with Crippen molar-refractivity contribution in [3.8, 4) is 5.75 Å². The maximum absolute atomic E-state index is 10.1. The topological polar surface area (TPSA) is 47.9 Å². The van der Waals surface area contributed by atoms with Gasteiger partial charge >= 0.3 is 0 Å². The molecular weight excluding hydrogens is 298 g/mol. The third-order valence-electron chi connectivity index (χ3n) is 3.36. The average Bonchev–Trinajstić information content (AvgIpc) is 2.51. The van der Waals surface area contributed by atoms with Crippen molar-refractivity contribution < 1.29 is 5.11 Å². The first-order valence-electron chi connectivity index (χ1n) is 7.26. The molecule has 0 saturated carbocycles. The maximum Gasteiger partial charge on any atom is 0.126 e. The van der Waals surface area contributed by atoms with Crippen LogP contribution in [0.15, 0.2) is 47.6 Å². The van der Waals surface area contributed by atoms with E-state index in [1.165, 1.54) is 0 Å². The fraction of sp³-hybridized carbons (Fsp3) is 0.235. The first-order valence-corrected chi connectivity index (χ1v) is 7.64. The van der Waals surface area contributed by atoms with Gasteiger partial charge in [0, 0.05) is 35.4 Å². The Morgan fingerprint density at radius 1 is 1.18 bits per heavy atom. The van der Waals surface area contributed by atoms with E-state index in [9.17, 15) is 5.11 Å². The van der Waals surface area contributed by atoms with Gasteiger partial charge in [0.1, 0.15) is 5.75 Å². The number of anilines is 2. The lowest BCUT2D eigenvalue weighted by Gasteiger charge is -2.21. The molecule has 0 spiro atoms. The average molecular weight is 318 g/mol. The van der Waals surface area contributed by atoms with Gasteiger partial charge in [-0.2, -0.15) is 5.10 Å². The van der Waals surface area contributed by atoms with Gasteiger partial charge in [-0.3, -0.25) is 5.43 Å². The highest BCUT2D eigenvalue weighted by Crippen LogP contribution is 2.23. The second kappa shape index (κ2) is 7.71. The summed E-state index contributed by atoms with van der Waals surface area (Å²) in [6, 6.07) is 12.9. The van der Waals surface area contributed by atoms with Crippen molar-refractivity contribution in [2.45, 2.75) is 13.8 Å². The molecule has 0 atom stereocenters. The number of hydrogen-bond acceptors (Lipinski definition) is 4. The lowest BCUT2D eigenvalue weighted by atomic mass is 10.2. The molecule has 4 nitrogen and oxygen atoms in total. The summed E-state index contributed by atoms with van der Waals surface area (Å²) in [6.07, 6.45) is 1.59. The molecule has 2 aromatic rings. The molecule has 0 aromatic heterocycles. The van der Waals surface area contributed by atoms with Gasteiger partial charge in [-0.05, 0) is 44.2 Å². The highest BCUT2D eigenvalue weighted by molar-refractivity contribution is 6.30. The Hall–Kier alpha value is -2.20. The van der Waals surface area contributed by atoms with Crippen LogP contribution in [0.25, 0.3) is 0 Å². The monoisotopic (exact) mass is 317 g/mol. The smallest absolute Gasteiger partial charge is 0.126 e. The second-order valence-corrected chi connectivity index (χ2v) is 5.23. The molecule has 0 aliphatic heterocycles. The van der Waals surface area contributed by atoms with Gasteiger partial charge in [-0.15, -0.1) is 0 Å². The van der Waals surface area contributed by atoms with Crippen LogP contribution < -0.4 is 10.3 Å². The standard InChI is InChI=1S/C17H20ClN3O/c1-3-21(4-2)16-9-8-13(17(22)11-16)12-19-20-15-7-5-6-14(18)10-15/h5-12,20,22H,3-4H2,1-2H3/b19-12+. The summed E-state index contributed by atoms with van der Waals surface area (Å²) in [5.41, 5.74) is 5.34. The molecule has 116 valence electrons. The normalized spacial score (nSPS) is 10.9. The largest absolute Gasteiger partial charge is 0.507 e. The molecule has 2 aromatic carbocycles. The highest BCUT2D eigenvalue weighted by Gasteiger charge is 2.05. The Labute approximate surface area is 136 Å². The number of nitrogens with one attached hydrogen (secondary N) is 1. The van der Waals surface area contributed by atoms with Crippen LogP contribution in [0.4, 0.5) is 11.4 Å². The van der Waals surface area contributed by atoms with Crippen LogP contribution in [-0.2, 0) is 0 Å². The summed E-state index contributed by atoms with van der Waals surface area (Å²) < 4.78 is 0. The number of benzene rings is 2. The summed E-state index contributed by atoms with van der Waals surface area (Å²) in [7, 11) is 0. The zero-order chi connectivity index (χ0) is 15.9. The Bertz CT molecular complexity index is 654. The van der Waals surface area contributed by atoms with Gasteiger partial charge in [-0.1, -0.05) is 17.7 Å². The minimum atomic E-state index is 0.209. The number of phenols is 1. The van der Waals surface area contributed by atoms with E-state index >= 15 is 0 Å². The third kappa shape index (κ3) is 4.15. The summed E-state index contributed by atoms with van der Waals surface area (Å²) in [4.78, 5) is 2.17. The van der Waals surface area contributed by atoms with Gasteiger partial charge in [-0.25, -0.2) is 0 Å². The molecule has 0 aliphatic rings. The number of hydrazone groups is 1. The number of nitrogens with zero attached hydrogens (tertiary/aromatic N) is 2. The van der Waals surface area contributed by atoms with E-state index in [0.29, 0.717) is 10.6 Å². The van der Waals surface area contributed by atoms with E-state index in [0.717, 1.165) is 24.5 Å². The first-order chi connectivity index (χ1) is 10.6. The Balaban J connectivity index is 2.08. The van der Waals surface area contributed by atoms with E-state index < -0.39 is 0 Å². The summed E-state index contributed by atoms with van der Waals surface area (Å²) >= 11 is 5.90. The zero-order valence-corrected chi connectivity index (χ0v) is 13.5. The van der Waals surface area contributed by atoms with E-state index in [1.807, 2.05) is 24.3 Å². The molecule has 0 fully saturated rings. The Kier molecular flexibility index (Phi) is 5.67. The van der Waals surface area contributed by atoms with Crippen LogP contribution in [0.2, 0.25) is 5.02 Å². The molecule has 0 unspecified atom stereocenters. The molecule has 2 N–H and O–H groups in total. The van der Waals surface area contributed by atoms with Crippen LogP contribution in [-0.4, -0.2) is 24.4 Å². The third-order valence-corrected chi connectivity index (χ3v) is 3.60. The number of halogens is 1. The summed E-state index contributed by atoms with van der Waals surface area (Å²) in [6.45, 7) is 5.98. The van der Waals surface area contributed by atoms with Crippen LogP contribution >= 0.6 is 11.6 Å². The van der Waals surface area contributed by atoms with Crippen LogP contribution in [0.5, 0.6) is 5.75 Å². The van der Waals surface area contributed by atoms with Crippen LogP contribution in [0.1, 0.15) is 19.4 Å². The molecular formula is C17H20ClN3O. The molecule has 0 heterocycles. The van der Waals surface area contributed by atoms with Gasteiger partial charge in [0.25, 0.3) is 0 Å². The van der Waals surface area contributed by atoms with Crippen molar-refractivity contribution in [2.24, 2.45) is 5.10 Å². The zero-order valence-electron chi connectivity index (χ0n) is 12.8. The molecule has 2 rings (SSSR count). The van der Waals surface area contributed by atoms with E-state index in [-0.39, 0.29) is 5.75 Å². The van der Waals surface area contributed by atoms with Crippen LogP contribution in [0, 0.1) is 0 Å². The lowest BCUT2D eigenvalue weighted by molar-refractivity contribution is 0.474. The quantitative estimate of drug-likeness (QED) is 0.615. The summed E-state index contributed by atoms with van der Waals surface area (Å²) in [5, 5.41) is 14.9. The lowest BCUT2D eigenvalue weighted by Crippen LogP contribution is -2.21. The first kappa shape index (κ1) is 16.2. The molecule has 0 amide bonds. The molecule has 0 aliphatic carbocycles. The fourth-order valence-electron chi connectivity index (χ4n) is 2.16. The molecule has 22 heavy (non-hydrogen) atoms. The highest BCUT2D eigenvalue weighted by atomic mass is 35.5. The van der Waals surface area contributed by atoms with Crippen molar-refractivity contribution in [1.82, 2.24) is 0 Å². The molecule has 5 heteroatoms. The second-order valence-electron chi connectivity index (χ2n) is 4.80. The van der Waals surface area contributed by atoms with Gasteiger partial charge in [0.05, 0.1) is 11.9 Å².